The van der Waals surface area contributed by atoms with Crippen LogP contribution in [-0.4, -0.2) is 19.9 Å². The van der Waals surface area contributed by atoms with Crippen molar-refractivity contribution in [2.75, 3.05) is 0 Å². The number of fused-ring (bicyclic) bond motifs is 1. The van der Waals surface area contributed by atoms with E-state index in [1.807, 2.05) is 0 Å². The molecule has 0 fully saturated rings. The van der Waals surface area contributed by atoms with Gasteiger partial charge in [0.1, 0.15) is 5.52 Å². The number of halogens is 1. The molecule has 0 atom stereocenters. The normalized spacial score (nSPS) is 10.8. The Labute approximate surface area is 77.0 Å². The summed E-state index contributed by atoms with van der Waals surface area (Å²) in [6.45, 7) is 0. The van der Waals surface area contributed by atoms with Crippen molar-refractivity contribution >= 4 is 26.8 Å². The highest BCUT2D eigenvalue weighted by Crippen LogP contribution is 2.26. The molecule has 2 aromatic heterocycles. The lowest BCUT2D eigenvalue weighted by molar-refractivity contribution is 0.460. The van der Waals surface area contributed by atoms with Gasteiger partial charge in [-0.25, -0.2) is 4.98 Å². The summed E-state index contributed by atoms with van der Waals surface area (Å²) in [5.74, 6) is 0.0151. The molecule has 0 aromatic carbocycles. The fraction of sp³-hybridized carbons (Fsp3) is 0.143. The number of aryl methyl sites for hydroxylation is 1. The summed E-state index contributed by atoms with van der Waals surface area (Å²) < 4.78 is 2.42. The van der Waals surface area contributed by atoms with Crippen molar-refractivity contribution in [2.45, 2.75) is 0 Å². The third-order valence-electron chi connectivity index (χ3n) is 1.60. The van der Waals surface area contributed by atoms with Crippen molar-refractivity contribution in [2.24, 2.45) is 7.05 Å². The van der Waals surface area contributed by atoms with Gasteiger partial charge in [-0.1, -0.05) is 0 Å². The molecule has 4 nitrogen and oxygen atoms in total. The van der Waals surface area contributed by atoms with E-state index in [1.54, 1.807) is 17.9 Å². The van der Waals surface area contributed by atoms with Crippen LogP contribution in [0.15, 0.2) is 16.9 Å². The fourth-order valence-corrected chi connectivity index (χ4v) is 1.47. The number of hydrogen-bond donors (Lipinski definition) is 1. The molecule has 0 radical (unpaired) electrons. The number of aromatic nitrogens is 3. The minimum absolute atomic E-state index is 0.0151. The third kappa shape index (κ3) is 0.972. The van der Waals surface area contributed by atoms with Crippen LogP contribution < -0.4 is 0 Å². The SMILES string of the molecule is Cn1cc2c(O)ncc(Br)c2n1. The molecule has 0 aliphatic heterocycles. The predicted molar refractivity (Wildman–Crippen MR) is 47.9 cm³/mol. The molecule has 0 unspecified atom stereocenters. The number of nitrogens with zero attached hydrogens (tertiary/aromatic N) is 3. The van der Waals surface area contributed by atoms with E-state index in [4.69, 9.17) is 0 Å². The molecule has 0 bridgehead atoms. The van der Waals surface area contributed by atoms with Crippen molar-refractivity contribution in [3.8, 4) is 5.88 Å². The van der Waals surface area contributed by atoms with Crippen molar-refractivity contribution in [1.82, 2.24) is 14.8 Å². The Morgan fingerprint density at radius 3 is 3.00 bits per heavy atom. The summed E-state index contributed by atoms with van der Waals surface area (Å²) in [4.78, 5) is 3.78. The molecule has 0 spiro atoms. The van der Waals surface area contributed by atoms with Gasteiger partial charge in [0.15, 0.2) is 0 Å². The van der Waals surface area contributed by atoms with Crippen LogP contribution in [0.3, 0.4) is 0 Å². The smallest absolute Gasteiger partial charge is 0.222 e. The van der Waals surface area contributed by atoms with Gasteiger partial charge in [0.2, 0.25) is 5.88 Å². The molecular weight excluding hydrogens is 222 g/mol. The largest absolute Gasteiger partial charge is 0.493 e. The summed E-state index contributed by atoms with van der Waals surface area (Å²) in [5, 5.41) is 14.1. The second kappa shape index (κ2) is 2.45. The van der Waals surface area contributed by atoms with Gasteiger partial charge in [0.05, 0.1) is 9.86 Å². The molecule has 0 aliphatic rings. The van der Waals surface area contributed by atoms with Gasteiger partial charge in [0.25, 0.3) is 0 Å². The minimum atomic E-state index is 0.0151. The van der Waals surface area contributed by atoms with E-state index in [9.17, 15) is 5.11 Å². The standard InChI is InChI=1S/C7H6BrN3O/c1-11-3-4-6(10-11)5(8)2-9-7(4)12/h2-3H,1H3,(H,9,12). The monoisotopic (exact) mass is 227 g/mol. The molecule has 2 heterocycles. The molecule has 62 valence electrons. The lowest BCUT2D eigenvalue weighted by Gasteiger charge is -1.92. The Balaban J connectivity index is 2.93. The van der Waals surface area contributed by atoms with Gasteiger partial charge in [-0.05, 0) is 15.9 Å². The van der Waals surface area contributed by atoms with Gasteiger partial charge < -0.3 is 5.11 Å². The van der Waals surface area contributed by atoms with Crippen molar-refractivity contribution in [3.05, 3.63) is 16.9 Å². The van der Waals surface area contributed by atoms with Crippen LogP contribution in [0.2, 0.25) is 0 Å². The summed E-state index contributed by atoms with van der Waals surface area (Å²) >= 11 is 3.29. The van der Waals surface area contributed by atoms with E-state index in [1.165, 1.54) is 6.20 Å². The van der Waals surface area contributed by atoms with Gasteiger partial charge in [0, 0.05) is 19.4 Å². The Kier molecular flexibility index (Phi) is 1.54. The van der Waals surface area contributed by atoms with Gasteiger partial charge in [-0.3, -0.25) is 4.68 Å². The van der Waals surface area contributed by atoms with Crippen molar-refractivity contribution < 1.29 is 5.11 Å². The van der Waals surface area contributed by atoms with Crippen molar-refractivity contribution in [3.63, 3.8) is 0 Å². The van der Waals surface area contributed by atoms with Crippen LogP contribution in [0, 0.1) is 0 Å². The van der Waals surface area contributed by atoms with E-state index in [0.717, 1.165) is 9.99 Å². The Morgan fingerprint density at radius 1 is 1.58 bits per heavy atom. The van der Waals surface area contributed by atoms with Crippen LogP contribution in [0.5, 0.6) is 5.88 Å². The molecule has 0 saturated heterocycles. The molecule has 2 aromatic rings. The van der Waals surface area contributed by atoms with E-state index in [2.05, 4.69) is 26.0 Å². The quantitative estimate of drug-likeness (QED) is 0.742. The first-order chi connectivity index (χ1) is 5.68. The zero-order valence-electron chi connectivity index (χ0n) is 6.32. The summed E-state index contributed by atoms with van der Waals surface area (Å²) in [6, 6.07) is 0. The topological polar surface area (TPSA) is 50.9 Å². The van der Waals surface area contributed by atoms with Crippen LogP contribution in [0.4, 0.5) is 0 Å². The zero-order chi connectivity index (χ0) is 8.72. The molecule has 1 N–H and O–H groups in total. The maximum atomic E-state index is 9.32. The highest BCUT2D eigenvalue weighted by Gasteiger charge is 2.07. The Morgan fingerprint density at radius 2 is 2.33 bits per heavy atom. The molecule has 0 aliphatic carbocycles. The summed E-state index contributed by atoms with van der Waals surface area (Å²) in [5.41, 5.74) is 0.727. The van der Waals surface area contributed by atoms with E-state index in [-0.39, 0.29) is 5.88 Å². The van der Waals surface area contributed by atoms with Crippen LogP contribution in [-0.2, 0) is 7.05 Å². The maximum absolute atomic E-state index is 9.32. The van der Waals surface area contributed by atoms with E-state index >= 15 is 0 Å². The lowest BCUT2D eigenvalue weighted by atomic mass is 10.3. The van der Waals surface area contributed by atoms with Crippen molar-refractivity contribution in [1.29, 1.82) is 0 Å². The molecule has 2 rings (SSSR count). The van der Waals surface area contributed by atoms with Gasteiger partial charge >= 0.3 is 0 Å². The first kappa shape index (κ1) is 7.54. The molecule has 5 heteroatoms. The van der Waals surface area contributed by atoms with Gasteiger partial charge in [-0.15, -0.1) is 0 Å². The lowest BCUT2D eigenvalue weighted by Crippen LogP contribution is -1.85. The average molecular weight is 228 g/mol. The fourth-order valence-electron chi connectivity index (χ4n) is 1.08. The summed E-state index contributed by atoms with van der Waals surface area (Å²) in [6.07, 6.45) is 3.26. The van der Waals surface area contributed by atoms with Crippen LogP contribution in [0.1, 0.15) is 0 Å². The first-order valence-electron chi connectivity index (χ1n) is 3.35. The Hall–Kier alpha value is -1.10. The Bertz CT molecular complexity index is 398. The highest BCUT2D eigenvalue weighted by atomic mass is 79.9. The number of rotatable bonds is 0. The first-order valence-corrected chi connectivity index (χ1v) is 4.14. The van der Waals surface area contributed by atoms with E-state index in [0.29, 0.717) is 5.39 Å². The highest BCUT2D eigenvalue weighted by molar-refractivity contribution is 9.10. The van der Waals surface area contributed by atoms with Gasteiger partial charge in [-0.2, -0.15) is 5.10 Å². The molecular formula is C7H6BrN3O. The zero-order valence-corrected chi connectivity index (χ0v) is 7.91. The van der Waals surface area contributed by atoms with E-state index < -0.39 is 0 Å². The number of pyridine rings is 1. The number of aromatic hydroxyl groups is 1. The molecule has 12 heavy (non-hydrogen) atoms. The minimum Gasteiger partial charge on any atom is -0.493 e. The van der Waals surface area contributed by atoms with Crippen LogP contribution in [0.25, 0.3) is 10.9 Å². The number of hydrogen-bond acceptors (Lipinski definition) is 3. The summed E-state index contributed by atoms with van der Waals surface area (Å²) in [7, 11) is 1.80. The van der Waals surface area contributed by atoms with Crippen LogP contribution >= 0.6 is 15.9 Å². The molecule has 0 saturated carbocycles. The third-order valence-corrected chi connectivity index (χ3v) is 2.18. The molecule has 0 amide bonds. The maximum Gasteiger partial charge on any atom is 0.222 e. The second-order valence-corrected chi connectivity index (χ2v) is 3.35. The average Bonchev–Trinajstić information content (AvgIpc) is 2.41. The predicted octanol–water partition coefficient (Wildman–Crippen LogP) is 1.44. The second-order valence-electron chi connectivity index (χ2n) is 2.49.